The minimum atomic E-state index is 0.000562. The zero-order valence-corrected chi connectivity index (χ0v) is 14.5. The molecule has 1 aliphatic heterocycles. The Kier molecular flexibility index (Phi) is 3.92. The molecule has 1 fully saturated rings. The summed E-state index contributed by atoms with van der Waals surface area (Å²) in [5, 5.41) is 0. The van der Waals surface area contributed by atoms with Crippen LogP contribution in [-0.4, -0.2) is 56.4 Å². The number of piperazine rings is 1. The van der Waals surface area contributed by atoms with Crippen molar-refractivity contribution in [3.8, 4) is 0 Å². The number of carbonyl (C=O) groups is 1. The highest BCUT2D eigenvalue weighted by Crippen LogP contribution is 2.28. The van der Waals surface area contributed by atoms with Gasteiger partial charge >= 0.3 is 0 Å². The Balaban J connectivity index is 1.57. The largest absolute Gasteiger partial charge is 0.368 e. The molecule has 1 amide bonds. The number of hydrogen-bond acceptors (Lipinski definition) is 8. The van der Waals surface area contributed by atoms with Gasteiger partial charge in [0, 0.05) is 38.1 Å². The number of fused-ring (bicyclic) bond motifs is 1. The number of thiazole rings is 1. The van der Waals surface area contributed by atoms with Crippen LogP contribution < -0.4 is 10.6 Å². The van der Waals surface area contributed by atoms with Crippen molar-refractivity contribution in [3.05, 3.63) is 35.6 Å². The first kappa shape index (κ1) is 15.7. The molecule has 3 aromatic rings. The number of anilines is 2. The maximum absolute atomic E-state index is 12.6. The van der Waals surface area contributed by atoms with Gasteiger partial charge in [0.15, 0.2) is 10.6 Å². The van der Waals surface area contributed by atoms with E-state index in [0.717, 1.165) is 16.2 Å². The van der Waals surface area contributed by atoms with Crippen molar-refractivity contribution in [2.24, 2.45) is 0 Å². The Labute approximate surface area is 148 Å². The van der Waals surface area contributed by atoms with Crippen molar-refractivity contribution in [1.29, 1.82) is 0 Å². The van der Waals surface area contributed by atoms with E-state index in [1.54, 1.807) is 30.0 Å². The van der Waals surface area contributed by atoms with Gasteiger partial charge in [0.1, 0.15) is 5.52 Å². The van der Waals surface area contributed by atoms with Gasteiger partial charge in [-0.3, -0.25) is 9.78 Å². The third-order valence-electron chi connectivity index (χ3n) is 4.29. The SMILES string of the molecule is CC1CN(C(=O)c2cccnc2)CCN1c1nc(N)nc2scnc12. The fourth-order valence-electron chi connectivity index (χ4n) is 3.09. The molecule has 4 heterocycles. The average molecular weight is 355 g/mol. The highest BCUT2D eigenvalue weighted by molar-refractivity contribution is 7.16. The predicted molar refractivity (Wildman–Crippen MR) is 96.6 cm³/mol. The van der Waals surface area contributed by atoms with Crippen LogP contribution in [0.25, 0.3) is 10.3 Å². The summed E-state index contributed by atoms with van der Waals surface area (Å²) in [5.74, 6) is 0.984. The zero-order chi connectivity index (χ0) is 17.4. The molecule has 0 aromatic carbocycles. The molecule has 0 aliphatic carbocycles. The first-order chi connectivity index (χ1) is 12.1. The van der Waals surface area contributed by atoms with Gasteiger partial charge in [-0.2, -0.15) is 4.98 Å². The number of nitrogens with zero attached hydrogens (tertiary/aromatic N) is 6. The van der Waals surface area contributed by atoms with E-state index in [2.05, 4.69) is 31.8 Å². The molecular formula is C16H17N7OS. The molecule has 1 unspecified atom stereocenters. The van der Waals surface area contributed by atoms with E-state index in [-0.39, 0.29) is 17.9 Å². The normalized spacial score (nSPS) is 17.9. The maximum atomic E-state index is 12.6. The number of rotatable bonds is 2. The summed E-state index contributed by atoms with van der Waals surface area (Å²) in [5.41, 5.74) is 8.96. The number of hydrogen-bond donors (Lipinski definition) is 1. The molecular weight excluding hydrogens is 338 g/mol. The number of nitrogens with two attached hydrogens (primary N) is 1. The topological polar surface area (TPSA) is 101 Å². The van der Waals surface area contributed by atoms with Crippen molar-refractivity contribution < 1.29 is 4.79 Å². The monoisotopic (exact) mass is 355 g/mol. The average Bonchev–Trinajstić information content (AvgIpc) is 3.09. The molecule has 9 heteroatoms. The number of pyridine rings is 1. The molecule has 1 atom stereocenters. The van der Waals surface area contributed by atoms with Crippen LogP contribution >= 0.6 is 11.3 Å². The van der Waals surface area contributed by atoms with Gasteiger partial charge in [-0.25, -0.2) is 9.97 Å². The third-order valence-corrected chi connectivity index (χ3v) is 5.01. The lowest BCUT2D eigenvalue weighted by molar-refractivity contribution is 0.0725. The van der Waals surface area contributed by atoms with E-state index in [1.807, 2.05) is 4.90 Å². The fourth-order valence-corrected chi connectivity index (χ4v) is 3.75. The quantitative estimate of drug-likeness (QED) is 0.741. The molecule has 0 spiro atoms. The molecule has 25 heavy (non-hydrogen) atoms. The Hall–Kier alpha value is -2.81. The van der Waals surface area contributed by atoms with Crippen molar-refractivity contribution in [3.63, 3.8) is 0 Å². The van der Waals surface area contributed by atoms with E-state index >= 15 is 0 Å². The van der Waals surface area contributed by atoms with E-state index in [9.17, 15) is 4.79 Å². The van der Waals surface area contributed by atoms with Crippen LogP contribution in [0.2, 0.25) is 0 Å². The first-order valence-corrected chi connectivity index (χ1v) is 8.84. The van der Waals surface area contributed by atoms with Crippen molar-refractivity contribution in [2.45, 2.75) is 13.0 Å². The van der Waals surface area contributed by atoms with Crippen LogP contribution in [0.3, 0.4) is 0 Å². The van der Waals surface area contributed by atoms with E-state index < -0.39 is 0 Å². The number of carbonyl (C=O) groups excluding carboxylic acids is 1. The van der Waals surface area contributed by atoms with Crippen LogP contribution in [0.1, 0.15) is 17.3 Å². The molecule has 0 bridgehead atoms. The van der Waals surface area contributed by atoms with Crippen LogP contribution in [0.4, 0.5) is 11.8 Å². The molecule has 0 radical (unpaired) electrons. The lowest BCUT2D eigenvalue weighted by Crippen LogP contribution is -2.54. The van der Waals surface area contributed by atoms with Crippen molar-refractivity contribution in [1.82, 2.24) is 24.8 Å². The van der Waals surface area contributed by atoms with Gasteiger partial charge in [-0.15, -0.1) is 11.3 Å². The molecule has 4 rings (SSSR count). The lowest BCUT2D eigenvalue weighted by atomic mass is 10.1. The zero-order valence-electron chi connectivity index (χ0n) is 13.7. The smallest absolute Gasteiger partial charge is 0.255 e. The van der Waals surface area contributed by atoms with Gasteiger partial charge in [0.25, 0.3) is 5.91 Å². The van der Waals surface area contributed by atoms with E-state index in [0.29, 0.717) is 25.2 Å². The summed E-state index contributed by atoms with van der Waals surface area (Å²) in [6.45, 7) is 3.94. The van der Waals surface area contributed by atoms with Gasteiger partial charge in [-0.1, -0.05) is 0 Å². The molecule has 2 N–H and O–H groups in total. The fraction of sp³-hybridized carbons (Fsp3) is 0.312. The second-order valence-corrected chi connectivity index (χ2v) is 6.78. The standard InChI is InChI=1S/C16H17N7OS/c1-10-8-22(15(24)11-3-2-4-18-7-11)5-6-23(10)13-12-14(25-9-19-12)21-16(17)20-13/h2-4,7,9-10H,5-6,8H2,1H3,(H2,17,20,21). The van der Waals surface area contributed by atoms with Gasteiger partial charge in [0.05, 0.1) is 11.1 Å². The van der Waals surface area contributed by atoms with Crippen LogP contribution in [0.15, 0.2) is 30.0 Å². The summed E-state index contributed by atoms with van der Waals surface area (Å²) in [6.07, 6.45) is 3.26. The lowest BCUT2D eigenvalue weighted by Gasteiger charge is -2.40. The van der Waals surface area contributed by atoms with Gasteiger partial charge in [0.2, 0.25) is 5.95 Å². The highest BCUT2D eigenvalue weighted by Gasteiger charge is 2.30. The second kappa shape index (κ2) is 6.25. The summed E-state index contributed by atoms with van der Waals surface area (Å²) in [4.78, 5) is 34.4. The Morgan fingerprint density at radius 3 is 3.00 bits per heavy atom. The molecule has 3 aromatic heterocycles. The van der Waals surface area contributed by atoms with Gasteiger partial charge in [-0.05, 0) is 19.1 Å². The minimum absolute atomic E-state index is 0.000562. The molecule has 1 saturated heterocycles. The van der Waals surface area contributed by atoms with Crippen LogP contribution in [0, 0.1) is 0 Å². The highest BCUT2D eigenvalue weighted by atomic mass is 32.1. The summed E-state index contributed by atoms with van der Waals surface area (Å²) in [6, 6.07) is 3.65. The number of nitrogen functional groups attached to an aromatic ring is 1. The third kappa shape index (κ3) is 2.86. The van der Waals surface area contributed by atoms with E-state index in [4.69, 9.17) is 5.73 Å². The number of aromatic nitrogens is 4. The molecule has 128 valence electrons. The minimum Gasteiger partial charge on any atom is -0.368 e. The molecule has 8 nitrogen and oxygen atoms in total. The van der Waals surface area contributed by atoms with E-state index in [1.165, 1.54) is 11.3 Å². The Bertz CT molecular complexity index is 913. The molecule has 0 saturated carbocycles. The van der Waals surface area contributed by atoms with Crippen LogP contribution in [0.5, 0.6) is 0 Å². The molecule has 1 aliphatic rings. The first-order valence-electron chi connectivity index (χ1n) is 7.96. The second-order valence-electron chi connectivity index (χ2n) is 5.95. The van der Waals surface area contributed by atoms with Crippen LogP contribution in [-0.2, 0) is 0 Å². The Morgan fingerprint density at radius 2 is 2.24 bits per heavy atom. The predicted octanol–water partition coefficient (Wildman–Crippen LogP) is 1.41. The van der Waals surface area contributed by atoms with Gasteiger partial charge < -0.3 is 15.5 Å². The summed E-state index contributed by atoms with van der Waals surface area (Å²) in [7, 11) is 0. The summed E-state index contributed by atoms with van der Waals surface area (Å²) < 4.78 is 0. The maximum Gasteiger partial charge on any atom is 0.255 e. The Morgan fingerprint density at radius 1 is 1.36 bits per heavy atom. The summed E-state index contributed by atoms with van der Waals surface area (Å²) >= 11 is 1.44. The number of amides is 1. The van der Waals surface area contributed by atoms with Crippen molar-refractivity contribution >= 4 is 39.4 Å². The van der Waals surface area contributed by atoms with Crippen molar-refractivity contribution in [2.75, 3.05) is 30.3 Å².